The van der Waals surface area contributed by atoms with E-state index in [1.807, 2.05) is 146 Å². The number of hydrogen-bond acceptors (Lipinski definition) is 6. The van der Waals surface area contributed by atoms with Gasteiger partial charge in [0.2, 0.25) is 0 Å². The van der Waals surface area contributed by atoms with Gasteiger partial charge in [0.25, 0.3) is 0 Å². The van der Waals surface area contributed by atoms with E-state index in [2.05, 4.69) is 36.4 Å². The average Bonchev–Trinajstić information content (AvgIpc) is 3.23. The van der Waals surface area contributed by atoms with Gasteiger partial charge in [-0.25, -0.2) is 0 Å². The number of ketones is 2. The molecule has 0 atom stereocenters. The molecule has 6 nitrogen and oxygen atoms in total. The molecule has 8 aromatic carbocycles. The van der Waals surface area contributed by atoms with Crippen molar-refractivity contribution in [3.8, 4) is 23.0 Å². The molecule has 0 unspecified atom stereocenters. The van der Waals surface area contributed by atoms with Crippen LogP contribution in [0.3, 0.4) is 0 Å². The maximum atomic E-state index is 12.1. The quantitative estimate of drug-likeness (QED) is 0.182. The lowest BCUT2D eigenvalue weighted by Crippen LogP contribution is -2.32. The van der Waals surface area contributed by atoms with E-state index in [1.165, 1.54) is 27.7 Å². The van der Waals surface area contributed by atoms with Crippen LogP contribution >= 0.6 is 0 Å². The van der Waals surface area contributed by atoms with Gasteiger partial charge in [0.1, 0.15) is 45.8 Å². The van der Waals surface area contributed by atoms with Crippen LogP contribution in [-0.4, -0.2) is 21.8 Å². The zero-order valence-electron chi connectivity index (χ0n) is 32.8. The summed E-state index contributed by atoms with van der Waals surface area (Å²) in [6.07, 6.45) is 0. The third-order valence-corrected chi connectivity index (χ3v) is 9.91. The Morgan fingerprint density at radius 1 is 0.345 bits per heavy atom. The number of benzene rings is 8. The molecule has 2 N–H and O–H groups in total. The summed E-state index contributed by atoms with van der Waals surface area (Å²) in [7, 11) is 0. The number of ether oxygens (including phenoxy) is 2. The van der Waals surface area contributed by atoms with E-state index in [0.29, 0.717) is 23.0 Å². The van der Waals surface area contributed by atoms with E-state index in [4.69, 9.17) is 9.47 Å². The molecule has 0 amide bonds. The summed E-state index contributed by atoms with van der Waals surface area (Å²) in [5.41, 5.74) is 2.30. The summed E-state index contributed by atoms with van der Waals surface area (Å²) in [5.74, 6) is 3.10. The number of rotatable bonds is 2. The lowest BCUT2D eigenvalue weighted by atomic mass is 9.76. The van der Waals surface area contributed by atoms with Gasteiger partial charge < -0.3 is 29.3 Å². The van der Waals surface area contributed by atoms with Gasteiger partial charge in [0, 0.05) is 33.4 Å². The summed E-state index contributed by atoms with van der Waals surface area (Å²) in [6, 6.07) is 59.3. The Hall–Kier alpha value is -6.86. The van der Waals surface area contributed by atoms with Crippen molar-refractivity contribution in [3.63, 3.8) is 0 Å². The molecule has 2 heterocycles. The highest BCUT2D eigenvalue weighted by molar-refractivity contribution is 5.89. The maximum absolute atomic E-state index is 12.1. The van der Waals surface area contributed by atoms with Crippen LogP contribution in [0.2, 0.25) is 0 Å². The van der Waals surface area contributed by atoms with Crippen LogP contribution in [0.4, 0.5) is 0 Å². The fourth-order valence-corrected chi connectivity index (χ4v) is 7.61. The molecule has 0 aromatic heterocycles. The highest BCUT2D eigenvalue weighted by Gasteiger charge is 2.44. The topological polar surface area (TPSA) is 93.1 Å². The van der Waals surface area contributed by atoms with Crippen molar-refractivity contribution in [3.05, 3.63) is 215 Å². The van der Waals surface area contributed by atoms with Crippen LogP contribution in [0, 0.1) is 0 Å². The van der Waals surface area contributed by atoms with Crippen LogP contribution in [0.15, 0.2) is 182 Å². The minimum Gasteiger partial charge on any atom is -0.457 e. The standard InChI is InChI=1S/2C23H16O2.2C3H6O/c2*24-23(18-13-7-9-16-8-1-2-10-17(16)18)19-11-3-5-14-21(19)25-22-15-6-4-12-20(22)23;2*1-3(2)4/h2*1-15,24H;2*1-2H3. The lowest BCUT2D eigenvalue weighted by Gasteiger charge is -2.37. The van der Waals surface area contributed by atoms with Gasteiger partial charge in [-0.2, -0.15) is 0 Å². The van der Waals surface area contributed by atoms with E-state index in [9.17, 15) is 19.8 Å². The van der Waals surface area contributed by atoms with Crippen molar-refractivity contribution < 1.29 is 29.3 Å². The van der Waals surface area contributed by atoms with Crippen LogP contribution in [0.25, 0.3) is 21.5 Å². The zero-order valence-corrected chi connectivity index (χ0v) is 32.8. The predicted octanol–water partition coefficient (Wildman–Crippen LogP) is 11.6. The molecule has 288 valence electrons. The Balaban J connectivity index is 0.000000149. The van der Waals surface area contributed by atoms with Crippen molar-refractivity contribution in [1.29, 1.82) is 0 Å². The Bertz CT molecular complexity index is 2470. The fraction of sp³-hybridized carbons (Fsp3) is 0.115. The minimum atomic E-state index is -1.26. The molecule has 0 aliphatic carbocycles. The van der Waals surface area contributed by atoms with Crippen molar-refractivity contribution in [1.82, 2.24) is 0 Å². The molecule has 0 radical (unpaired) electrons. The number of para-hydroxylation sites is 4. The zero-order chi connectivity index (χ0) is 40.9. The van der Waals surface area contributed by atoms with Gasteiger partial charge in [-0.15, -0.1) is 0 Å². The Labute approximate surface area is 338 Å². The minimum absolute atomic E-state index is 0.167. The van der Waals surface area contributed by atoms with E-state index >= 15 is 0 Å². The molecule has 2 aliphatic rings. The molecule has 8 aromatic rings. The van der Waals surface area contributed by atoms with Crippen molar-refractivity contribution in [2.45, 2.75) is 38.9 Å². The molecule has 0 spiro atoms. The van der Waals surface area contributed by atoms with E-state index in [-0.39, 0.29) is 11.6 Å². The molecule has 2 aliphatic heterocycles. The monoisotopic (exact) mass is 764 g/mol. The first-order chi connectivity index (χ1) is 28.0. The number of carbonyl (C=O) groups excluding carboxylic acids is 2. The van der Waals surface area contributed by atoms with Crippen LogP contribution in [-0.2, 0) is 20.8 Å². The van der Waals surface area contributed by atoms with Crippen molar-refractivity contribution in [2.75, 3.05) is 0 Å². The third-order valence-electron chi connectivity index (χ3n) is 9.91. The molecule has 58 heavy (non-hydrogen) atoms. The van der Waals surface area contributed by atoms with Crippen LogP contribution < -0.4 is 9.47 Å². The molecule has 10 rings (SSSR count). The predicted molar refractivity (Wildman–Crippen MR) is 231 cm³/mol. The van der Waals surface area contributed by atoms with Gasteiger partial charge in [-0.3, -0.25) is 0 Å². The first-order valence-electron chi connectivity index (χ1n) is 19.1. The lowest BCUT2D eigenvalue weighted by molar-refractivity contribution is -0.115. The van der Waals surface area contributed by atoms with Gasteiger partial charge in [-0.05, 0) is 73.5 Å². The number of aliphatic hydroxyl groups is 2. The molecule has 0 bridgehead atoms. The normalized spacial score (nSPS) is 13.3. The molecule has 0 saturated heterocycles. The molecule has 6 heteroatoms. The summed E-state index contributed by atoms with van der Waals surface area (Å²) in [5, 5.41) is 28.4. The van der Waals surface area contributed by atoms with E-state index < -0.39 is 11.2 Å². The number of Topliss-reactive ketones (excluding diaryl/α,β-unsaturated/α-hetero) is 2. The van der Waals surface area contributed by atoms with Crippen molar-refractivity contribution in [2.24, 2.45) is 0 Å². The fourth-order valence-electron chi connectivity index (χ4n) is 7.61. The van der Waals surface area contributed by atoms with Crippen molar-refractivity contribution >= 4 is 33.1 Å². The van der Waals surface area contributed by atoms with Crippen LogP contribution in [0.5, 0.6) is 23.0 Å². The summed E-state index contributed by atoms with van der Waals surface area (Å²) in [4.78, 5) is 18.9. The molecule has 0 saturated carbocycles. The Morgan fingerprint density at radius 3 is 0.879 bits per heavy atom. The van der Waals surface area contributed by atoms with Gasteiger partial charge in [0.05, 0.1) is 0 Å². The van der Waals surface area contributed by atoms with Gasteiger partial charge in [0.15, 0.2) is 0 Å². The third kappa shape index (κ3) is 7.51. The second-order valence-corrected chi connectivity index (χ2v) is 14.5. The number of hydrogen-bond donors (Lipinski definition) is 2. The Morgan fingerprint density at radius 2 is 0.569 bits per heavy atom. The van der Waals surface area contributed by atoms with Crippen LogP contribution in [0.1, 0.15) is 61.1 Å². The Kier molecular flexibility index (Phi) is 11.3. The van der Waals surface area contributed by atoms with E-state index in [1.54, 1.807) is 0 Å². The second-order valence-electron chi connectivity index (χ2n) is 14.5. The summed E-state index contributed by atoms with van der Waals surface area (Å²) in [6.45, 7) is 6.11. The molecular formula is C52H44O6. The summed E-state index contributed by atoms with van der Waals surface area (Å²) < 4.78 is 12.1. The molecular weight excluding hydrogens is 721 g/mol. The average molecular weight is 765 g/mol. The summed E-state index contributed by atoms with van der Waals surface area (Å²) >= 11 is 0. The maximum Gasteiger partial charge on any atom is 0.148 e. The second kappa shape index (κ2) is 16.7. The smallest absolute Gasteiger partial charge is 0.148 e. The van der Waals surface area contributed by atoms with E-state index in [0.717, 1.165) is 54.9 Å². The highest BCUT2D eigenvalue weighted by atomic mass is 16.5. The number of carbonyl (C=O) groups is 2. The first-order valence-corrected chi connectivity index (χ1v) is 19.1. The van der Waals surface area contributed by atoms with Gasteiger partial charge in [-0.1, -0.05) is 158 Å². The first kappa shape index (κ1) is 39.4. The molecule has 0 fully saturated rings. The largest absolute Gasteiger partial charge is 0.457 e. The van der Waals surface area contributed by atoms with Gasteiger partial charge >= 0.3 is 0 Å². The highest BCUT2D eigenvalue weighted by Crippen LogP contribution is 2.52. The SMILES string of the molecule is CC(C)=O.CC(C)=O.OC1(c2cccc3ccccc23)c2ccccc2Oc2ccccc21.OC1(c2cccc3ccccc23)c2ccccc2Oc2ccccc21. The number of fused-ring (bicyclic) bond motifs is 6.